The SMILES string of the molecule is c1coc2ncnc-2c1. The van der Waals surface area contributed by atoms with E-state index in [1.165, 1.54) is 6.33 Å². The Bertz CT molecular complexity index is 251. The van der Waals surface area contributed by atoms with Crippen LogP contribution in [0.2, 0.25) is 0 Å². The minimum atomic E-state index is 0.595. The molecule has 0 bridgehead atoms. The van der Waals surface area contributed by atoms with Gasteiger partial charge >= 0.3 is 0 Å². The number of hydrogen-bond donors (Lipinski definition) is 0. The highest BCUT2D eigenvalue weighted by atomic mass is 16.3. The molecule has 0 aromatic heterocycles. The summed E-state index contributed by atoms with van der Waals surface area (Å²) in [4.78, 5) is 7.75. The summed E-state index contributed by atoms with van der Waals surface area (Å²) in [7, 11) is 0. The first kappa shape index (κ1) is 4.49. The highest BCUT2D eigenvalue weighted by Gasteiger charge is 2.03. The molecule has 0 aliphatic carbocycles. The van der Waals surface area contributed by atoms with Crippen LogP contribution in [0.4, 0.5) is 0 Å². The molecular formula is C6H4N2O. The topological polar surface area (TPSA) is 38.9 Å². The van der Waals surface area contributed by atoms with E-state index in [0.717, 1.165) is 5.69 Å². The van der Waals surface area contributed by atoms with Crippen LogP contribution < -0.4 is 0 Å². The molecule has 2 rings (SSSR count). The maximum absolute atomic E-state index is 4.98. The molecule has 2 aliphatic rings. The van der Waals surface area contributed by atoms with Gasteiger partial charge < -0.3 is 4.42 Å². The lowest BCUT2D eigenvalue weighted by Gasteiger charge is -1.88. The van der Waals surface area contributed by atoms with E-state index in [4.69, 9.17) is 4.42 Å². The highest BCUT2D eigenvalue weighted by Crippen LogP contribution is 2.13. The number of fused-ring (bicyclic) bond motifs is 1. The van der Waals surface area contributed by atoms with Gasteiger partial charge in [-0.25, -0.2) is 4.98 Å². The standard InChI is InChI=1S/C6H4N2O/c1-2-5-6(9-3-1)8-4-7-5/h1-4H. The van der Waals surface area contributed by atoms with Gasteiger partial charge in [0.25, 0.3) is 0 Å². The van der Waals surface area contributed by atoms with E-state index in [1.54, 1.807) is 12.3 Å². The van der Waals surface area contributed by atoms with Crippen molar-refractivity contribution in [3.05, 3.63) is 24.7 Å². The molecule has 3 heteroatoms. The summed E-state index contributed by atoms with van der Waals surface area (Å²) < 4.78 is 4.98. The Kier molecular flexibility index (Phi) is 0.773. The van der Waals surface area contributed by atoms with Gasteiger partial charge in [-0.05, 0) is 12.1 Å². The Morgan fingerprint density at radius 1 is 1.33 bits per heavy atom. The lowest BCUT2D eigenvalue weighted by atomic mass is 10.4. The number of imidazole rings is 1. The number of nitrogens with zero attached hydrogens (tertiary/aromatic N) is 2. The van der Waals surface area contributed by atoms with Gasteiger partial charge in [-0.15, -0.1) is 0 Å². The molecule has 44 valence electrons. The zero-order valence-corrected chi connectivity index (χ0v) is 4.61. The molecule has 0 spiro atoms. The van der Waals surface area contributed by atoms with Crippen LogP contribution >= 0.6 is 0 Å². The van der Waals surface area contributed by atoms with Gasteiger partial charge in [-0.1, -0.05) is 0 Å². The summed E-state index contributed by atoms with van der Waals surface area (Å²) in [5, 5.41) is 0. The van der Waals surface area contributed by atoms with Crippen molar-refractivity contribution >= 4 is 0 Å². The maximum Gasteiger partial charge on any atom is 0.246 e. The molecule has 3 nitrogen and oxygen atoms in total. The van der Waals surface area contributed by atoms with Gasteiger partial charge in [0.1, 0.15) is 12.0 Å². The van der Waals surface area contributed by atoms with Crippen molar-refractivity contribution in [3.63, 3.8) is 0 Å². The fourth-order valence-electron chi connectivity index (χ4n) is 0.704. The summed E-state index contributed by atoms with van der Waals surface area (Å²) in [5.41, 5.74) is 0.803. The van der Waals surface area contributed by atoms with Crippen molar-refractivity contribution in [2.24, 2.45) is 0 Å². The summed E-state index contributed by atoms with van der Waals surface area (Å²) in [6.45, 7) is 0. The molecule has 0 aromatic carbocycles. The van der Waals surface area contributed by atoms with E-state index in [0.29, 0.717) is 5.89 Å². The maximum atomic E-state index is 4.98. The van der Waals surface area contributed by atoms with Crippen molar-refractivity contribution in [2.45, 2.75) is 0 Å². The van der Waals surface area contributed by atoms with E-state index in [9.17, 15) is 0 Å². The molecule has 0 saturated heterocycles. The van der Waals surface area contributed by atoms with Gasteiger partial charge in [0.2, 0.25) is 5.89 Å². The lowest BCUT2D eigenvalue weighted by molar-refractivity contribution is 0.550. The molecule has 0 atom stereocenters. The molecule has 0 amide bonds. The number of hydrogen-bond acceptors (Lipinski definition) is 3. The zero-order valence-electron chi connectivity index (χ0n) is 4.61. The molecule has 0 aromatic rings. The highest BCUT2D eigenvalue weighted by molar-refractivity contribution is 5.46. The Balaban J connectivity index is 2.79. The minimum absolute atomic E-state index is 0.595. The number of aromatic nitrogens is 2. The summed E-state index contributed by atoms with van der Waals surface area (Å²) >= 11 is 0. The molecule has 2 aliphatic heterocycles. The van der Waals surface area contributed by atoms with Crippen LogP contribution in [0.25, 0.3) is 11.6 Å². The first-order chi connectivity index (χ1) is 4.47. The molecule has 0 radical (unpaired) electrons. The minimum Gasteiger partial charge on any atom is -0.445 e. The van der Waals surface area contributed by atoms with Crippen molar-refractivity contribution < 1.29 is 4.42 Å². The van der Waals surface area contributed by atoms with Crippen molar-refractivity contribution in [3.8, 4) is 11.6 Å². The fraction of sp³-hybridized carbons (Fsp3) is 0. The van der Waals surface area contributed by atoms with Crippen molar-refractivity contribution in [1.29, 1.82) is 0 Å². The van der Waals surface area contributed by atoms with Crippen LogP contribution in [0.1, 0.15) is 0 Å². The largest absolute Gasteiger partial charge is 0.445 e. The van der Waals surface area contributed by atoms with Gasteiger partial charge in [0.15, 0.2) is 0 Å². The van der Waals surface area contributed by atoms with Crippen molar-refractivity contribution in [1.82, 2.24) is 9.97 Å². The average molecular weight is 120 g/mol. The monoisotopic (exact) mass is 120 g/mol. The molecule has 0 N–H and O–H groups in total. The van der Waals surface area contributed by atoms with Gasteiger partial charge in [-0.2, -0.15) is 4.98 Å². The zero-order chi connectivity index (χ0) is 6.10. The first-order valence-electron chi connectivity index (χ1n) is 2.61. The third-order valence-corrected chi connectivity index (χ3v) is 1.10. The summed E-state index contributed by atoms with van der Waals surface area (Å²) in [6, 6.07) is 3.64. The van der Waals surface area contributed by atoms with Gasteiger partial charge in [-0.3, -0.25) is 0 Å². The van der Waals surface area contributed by atoms with Crippen LogP contribution in [0.5, 0.6) is 0 Å². The first-order valence-corrected chi connectivity index (χ1v) is 2.61. The molecule has 0 unspecified atom stereocenters. The van der Waals surface area contributed by atoms with Crippen LogP contribution in [-0.2, 0) is 0 Å². The Morgan fingerprint density at radius 2 is 2.33 bits per heavy atom. The van der Waals surface area contributed by atoms with E-state index in [-0.39, 0.29) is 0 Å². The third kappa shape index (κ3) is 0.579. The second kappa shape index (κ2) is 1.55. The molecule has 9 heavy (non-hydrogen) atoms. The molecular weight excluding hydrogens is 116 g/mol. The molecule has 2 heterocycles. The van der Waals surface area contributed by atoms with Gasteiger partial charge in [0, 0.05) is 0 Å². The van der Waals surface area contributed by atoms with E-state index in [2.05, 4.69) is 9.97 Å². The van der Waals surface area contributed by atoms with Crippen LogP contribution in [0, 0.1) is 0 Å². The average Bonchev–Trinajstić information content (AvgIpc) is 2.33. The predicted octanol–water partition coefficient (Wildman–Crippen LogP) is 1.17. The van der Waals surface area contributed by atoms with Crippen LogP contribution in [-0.4, -0.2) is 9.97 Å². The lowest BCUT2D eigenvalue weighted by Crippen LogP contribution is -1.73. The van der Waals surface area contributed by atoms with Gasteiger partial charge in [0.05, 0.1) is 6.26 Å². The fourth-order valence-corrected chi connectivity index (χ4v) is 0.704. The van der Waals surface area contributed by atoms with Crippen LogP contribution in [0.3, 0.4) is 0 Å². The van der Waals surface area contributed by atoms with E-state index >= 15 is 0 Å². The summed E-state index contributed by atoms with van der Waals surface area (Å²) in [5.74, 6) is 0.595. The Labute approximate surface area is 51.7 Å². The Hall–Kier alpha value is -1.38. The van der Waals surface area contributed by atoms with Crippen molar-refractivity contribution in [2.75, 3.05) is 0 Å². The van der Waals surface area contributed by atoms with Crippen LogP contribution in [0.15, 0.2) is 29.1 Å². The third-order valence-electron chi connectivity index (χ3n) is 1.10. The van der Waals surface area contributed by atoms with E-state index in [1.807, 2.05) is 6.07 Å². The number of rotatable bonds is 0. The van der Waals surface area contributed by atoms with E-state index < -0.39 is 0 Å². The quantitative estimate of drug-likeness (QED) is 0.524. The second-order valence-electron chi connectivity index (χ2n) is 1.68. The molecule has 0 saturated carbocycles. The normalized spacial score (nSPS) is 10.2. The molecule has 0 fully saturated rings. The Morgan fingerprint density at radius 3 is 3.22 bits per heavy atom. The second-order valence-corrected chi connectivity index (χ2v) is 1.68. The summed E-state index contributed by atoms with van der Waals surface area (Å²) in [6.07, 6.45) is 3.06. The predicted molar refractivity (Wildman–Crippen MR) is 30.9 cm³/mol. The smallest absolute Gasteiger partial charge is 0.246 e.